The maximum atomic E-state index is 10.6. The number of hydrogen-bond acceptors (Lipinski definition) is 6. The van der Waals surface area contributed by atoms with Crippen molar-refractivity contribution < 1.29 is 28.8 Å². The summed E-state index contributed by atoms with van der Waals surface area (Å²) >= 11 is 0. The molecule has 0 amide bonds. The highest BCUT2D eigenvalue weighted by Gasteiger charge is 2.59. The summed E-state index contributed by atoms with van der Waals surface area (Å²) in [6.45, 7) is 9.71. The highest BCUT2D eigenvalue weighted by molar-refractivity contribution is 5.03. The zero-order valence-corrected chi connectivity index (χ0v) is 12.7. The van der Waals surface area contributed by atoms with Crippen LogP contribution in [0.4, 0.5) is 0 Å². The van der Waals surface area contributed by atoms with Crippen molar-refractivity contribution in [3.8, 4) is 0 Å². The van der Waals surface area contributed by atoms with Crippen LogP contribution in [0.5, 0.6) is 0 Å². The monoisotopic (exact) mass is 288 g/mol. The summed E-state index contributed by atoms with van der Waals surface area (Å²) < 4.78 is 29.3. The second kappa shape index (κ2) is 4.38. The molecule has 20 heavy (non-hydrogen) atoms. The van der Waals surface area contributed by atoms with Crippen LogP contribution < -0.4 is 0 Å². The Morgan fingerprint density at radius 3 is 2.25 bits per heavy atom. The van der Waals surface area contributed by atoms with Gasteiger partial charge in [-0.15, -0.1) is 0 Å². The standard InChI is InChI=1S/C14H24O6/c1-12(2)17-6-8-9(18-12)10-11(14(5,15)7-16-8)20-13(3,4)19-10/h8-11,15H,6-7H2,1-5H3/t8?,9-,10?,11+,14-/m1/s1. The van der Waals surface area contributed by atoms with E-state index in [1.807, 2.05) is 27.7 Å². The average Bonchev–Trinajstić information content (AvgIpc) is 2.59. The summed E-state index contributed by atoms with van der Waals surface area (Å²) in [5, 5.41) is 10.6. The first-order chi connectivity index (χ1) is 9.10. The number of aliphatic hydroxyl groups is 1. The third-order valence-electron chi connectivity index (χ3n) is 4.04. The molecule has 0 aromatic heterocycles. The molecule has 0 saturated carbocycles. The molecule has 3 fully saturated rings. The van der Waals surface area contributed by atoms with Crippen LogP contribution in [-0.4, -0.2) is 59.9 Å². The molecule has 3 aliphatic heterocycles. The van der Waals surface area contributed by atoms with Gasteiger partial charge in [0.2, 0.25) is 0 Å². The van der Waals surface area contributed by atoms with E-state index in [0.717, 1.165) is 0 Å². The quantitative estimate of drug-likeness (QED) is 0.711. The van der Waals surface area contributed by atoms with Crippen LogP contribution in [0.1, 0.15) is 34.6 Å². The first-order valence-corrected chi connectivity index (χ1v) is 7.11. The highest BCUT2D eigenvalue weighted by atomic mass is 16.8. The van der Waals surface area contributed by atoms with Crippen LogP contribution in [0.3, 0.4) is 0 Å². The molecule has 1 N–H and O–H groups in total. The molecule has 0 bridgehead atoms. The molecule has 6 heteroatoms. The Morgan fingerprint density at radius 2 is 1.55 bits per heavy atom. The summed E-state index contributed by atoms with van der Waals surface area (Å²) in [4.78, 5) is 0. The molecule has 0 spiro atoms. The van der Waals surface area contributed by atoms with E-state index in [0.29, 0.717) is 6.61 Å². The third-order valence-corrected chi connectivity index (χ3v) is 4.04. The smallest absolute Gasteiger partial charge is 0.164 e. The van der Waals surface area contributed by atoms with Gasteiger partial charge in [-0.3, -0.25) is 0 Å². The summed E-state index contributed by atoms with van der Waals surface area (Å²) in [7, 11) is 0. The van der Waals surface area contributed by atoms with Crippen molar-refractivity contribution in [2.75, 3.05) is 13.2 Å². The molecular weight excluding hydrogens is 264 g/mol. The van der Waals surface area contributed by atoms with Crippen molar-refractivity contribution in [3.63, 3.8) is 0 Å². The molecule has 116 valence electrons. The second-order valence-electron chi connectivity index (χ2n) is 7.02. The fourth-order valence-corrected chi connectivity index (χ4v) is 3.11. The first kappa shape index (κ1) is 14.7. The van der Waals surface area contributed by atoms with Crippen LogP contribution in [-0.2, 0) is 23.7 Å². The van der Waals surface area contributed by atoms with Crippen LogP contribution in [0.15, 0.2) is 0 Å². The normalized spacial score (nSPS) is 50.1. The molecule has 0 radical (unpaired) electrons. The van der Waals surface area contributed by atoms with Crippen molar-refractivity contribution in [1.82, 2.24) is 0 Å². The van der Waals surface area contributed by atoms with Gasteiger partial charge in [0.05, 0.1) is 13.2 Å². The molecule has 3 aliphatic rings. The number of rotatable bonds is 0. The zero-order chi connectivity index (χ0) is 14.8. The number of ether oxygens (including phenoxy) is 5. The van der Waals surface area contributed by atoms with E-state index >= 15 is 0 Å². The molecule has 0 aromatic carbocycles. The Labute approximate surface area is 119 Å². The minimum atomic E-state index is -1.12. The van der Waals surface area contributed by atoms with Gasteiger partial charge in [-0.1, -0.05) is 0 Å². The van der Waals surface area contributed by atoms with Crippen molar-refractivity contribution in [2.24, 2.45) is 0 Å². The Kier molecular flexibility index (Phi) is 3.22. The topological polar surface area (TPSA) is 66.4 Å². The largest absolute Gasteiger partial charge is 0.385 e. The van der Waals surface area contributed by atoms with Crippen LogP contribution in [0, 0.1) is 0 Å². The van der Waals surface area contributed by atoms with E-state index in [9.17, 15) is 5.11 Å². The van der Waals surface area contributed by atoms with E-state index in [1.54, 1.807) is 6.92 Å². The third kappa shape index (κ3) is 2.49. The maximum absolute atomic E-state index is 10.6. The molecular formula is C14H24O6. The lowest BCUT2D eigenvalue weighted by atomic mass is 9.92. The van der Waals surface area contributed by atoms with Crippen molar-refractivity contribution in [1.29, 1.82) is 0 Å². The Balaban J connectivity index is 1.92. The van der Waals surface area contributed by atoms with Crippen molar-refractivity contribution >= 4 is 0 Å². The average molecular weight is 288 g/mol. The van der Waals surface area contributed by atoms with E-state index in [-0.39, 0.29) is 24.9 Å². The lowest BCUT2D eigenvalue weighted by molar-refractivity contribution is -0.325. The molecule has 5 atom stereocenters. The fourth-order valence-electron chi connectivity index (χ4n) is 3.11. The van der Waals surface area contributed by atoms with Crippen molar-refractivity contribution in [3.05, 3.63) is 0 Å². The van der Waals surface area contributed by atoms with E-state index < -0.39 is 23.3 Å². The molecule has 0 aliphatic carbocycles. The fraction of sp³-hybridized carbons (Fsp3) is 1.00. The molecule has 0 aromatic rings. The molecule has 3 heterocycles. The van der Waals surface area contributed by atoms with Gasteiger partial charge in [0.25, 0.3) is 0 Å². The predicted octanol–water partition coefficient (Wildman–Crippen LogP) is 0.808. The SMILES string of the molecule is CC1(C)OCC2OC[C@@](C)(O)[C@H]3OC(C)(C)OC3[C@@H]2O1. The van der Waals surface area contributed by atoms with Crippen LogP contribution >= 0.6 is 0 Å². The number of hydrogen-bond donors (Lipinski definition) is 1. The summed E-state index contributed by atoms with van der Waals surface area (Å²) in [6, 6.07) is 0. The minimum Gasteiger partial charge on any atom is -0.385 e. The minimum absolute atomic E-state index is 0.169. The predicted molar refractivity (Wildman–Crippen MR) is 69.1 cm³/mol. The summed E-state index contributed by atoms with van der Waals surface area (Å²) in [5.41, 5.74) is -1.12. The van der Waals surface area contributed by atoms with Crippen LogP contribution in [0.2, 0.25) is 0 Å². The zero-order valence-electron chi connectivity index (χ0n) is 12.7. The van der Waals surface area contributed by atoms with Gasteiger partial charge in [-0.25, -0.2) is 0 Å². The summed E-state index contributed by atoms with van der Waals surface area (Å²) in [5.74, 6) is -1.44. The lowest BCUT2D eigenvalue weighted by Gasteiger charge is -2.42. The van der Waals surface area contributed by atoms with Gasteiger partial charge < -0.3 is 28.8 Å². The molecule has 3 saturated heterocycles. The second-order valence-corrected chi connectivity index (χ2v) is 7.02. The van der Waals surface area contributed by atoms with E-state index in [4.69, 9.17) is 23.7 Å². The Bertz CT molecular complexity index is 391. The number of fused-ring (bicyclic) bond motifs is 3. The van der Waals surface area contributed by atoms with E-state index in [2.05, 4.69) is 0 Å². The van der Waals surface area contributed by atoms with Crippen molar-refractivity contribution in [2.45, 2.75) is 76.2 Å². The Morgan fingerprint density at radius 1 is 0.900 bits per heavy atom. The first-order valence-electron chi connectivity index (χ1n) is 7.11. The van der Waals surface area contributed by atoms with Gasteiger partial charge in [0, 0.05) is 0 Å². The summed E-state index contributed by atoms with van der Waals surface area (Å²) in [6.07, 6.45) is -1.45. The van der Waals surface area contributed by atoms with Gasteiger partial charge in [0.15, 0.2) is 11.6 Å². The van der Waals surface area contributed by atoms with Gasteiger partial charge >= 0.3 is 0 Å². The van der Waals surface area contributed by atoms with Crippen LogP contribution in [0.25, 0.3) is 0 Å². The van der Waals surface area contributed by atoms with Gasteiger partial charge in [-0.2, -0.15) is 0 Å². The molecule has 2 unspecified atom stereocenters. The molecule has 3 rings (SSSR count). The van der Waals surface area contributed by atoms with E-state index in [1.165, 1.54) is 0 Å². The maximum Gasteiger partial charge on any atom is 0.164 e. The highest BCUT2D eigenvalue weighted by Crippen LogP contribution is 2.42. The van der Waals surface area contributed by atoms with Gasteiger partial charge in [-0.05, 0) is 34.6 Å². The lowest BCUT2D eigenvalue weighted by Crippen LogP contribution is -2.56. The van der Waals surface area contributed by atoms with Gasteiger partial charge in [0.1, 0.15) is 30.0 Å². The Hall–Kier alpha value is -0.240. The molecule has 6 nitrogen and oxygen atoms in total.